The van der Waals surface area contributed by atoms with Crippen LogP contribution in [-0.4, -0.2) is 10.2 Å². The summed E-state index contributed by atoms with van der Waals surface area (Å²) in [4.78, 5) is 0. The molecule has 0 amide bonds. The highest BCUT2D eigenvalue weighted by Gasteiger charge is 2.09. The zero-order chi connectivity index (χ0) is 13.1. The van der Waals surface area contributed by atoms with Gasteiger partial charge in [-0.15, -0.1) is 10.2 Å². The number of nitrogens with zero attached hydrogens (tertiary/aromatic N) is 3. The lowest BCUT2D eigenvalue weighted by Gasteiger charge is -2.09. The van der Waals surface area contributed by atoms with Gasteiger partial charge in [0, 0.05) is 5.56 Å². The molecule has 90 valence electrons. The van der Waals surface area contributed by atoms with Gasteiger partial charge in [0.25, 0.3) is 0 Å². The fourth-order valence-electron chi connectivity index (χ4n) is 1.36. The van der Waals surface area contributed by atoms with E-state index < -0.39 is 0 Å². The van der Waals surface area contributed by atoms with Crippen LogP contribution in [0.2, 0.25) is 5.15 Å². The predicted octanol–water partition coefficient (Wildman–Crippen LogP) is 3.41. The minimum atomic E-state index is 0.375. The molecule has 0 saturated heterocycles. The molecule has 0 aliphatic heterocycles. The van der Waals surface area contributed by atoms with Crippen LogP contribution in [0.3, 0.4) is 0 Å². The molecule has 1 aromatic heterocycles. The molecule has 2 aromatic rings. The van der Waals surface area contributed by atoms with Crippen molar-refractivity contribution in [2.75, 3.05) is 0 Å². The first kappa shape index (κ1) is 12.3. The van der Waals surface area contributed by atoms with Crippen molar-refractivity contribution in [2.24, 2.45) is 0 Å². The lowest BCUT2D eigenvalue weighted by atomic mass is 10.2. The summed E-state index contributed by atoms with van der Waals surface area (Å²) in [5, 5.41) is 16.8. The average molecular weight is 260 g/mol. The summed E-state index contributed by atoms with van der Waals surface area (Å²) >= 11 is 5.86. The fourth-order valence-corrected chi connectivity index (χ4v) is 1.54. The van der Waals surface area contributed by atoms with Gasteiger partial charge in [-0.25, -0.2) is 0 Å². The first-order valence-electron chi connectivity index (χ1n) is 5.29. The highest BCUT2D eigenvalue weighted by atomic mass is 35.5. The second kappa shape index (κ2) is 5.03. The van der Waals surface area contributed by atoms with Crippen LogP contribution in [0.5, 0.6) is 11.6 Å². The van der Waals surface area contributed by atoms with Crippen molar-refractivity contribution < 1.29 is 4.74 Å². The van der Waals surface area contributed by atoms with E-state index in [1.54, 1.807) is 24.3 Å². The van der Waals surface area contributed by atoms with E-state index in [-0.39, 0.29) is 0 Å². The molecule has 0 atom stereocenters. The van der Waals surface area contributed by atoms with Crippen molar-refractivity contribution in [3.63, 3.8) is 0 Å². The number of aromatic nitrogens is 2. The monoisotopic (exact) mass is 259 g/mol. The van der Waals surface area contributed by atoms with Crippen molar-refractivity contribution in [3.05, 3.63) is 46.1 Å². The summed E-state index contributed by atoms with van der Waals surface area (Å²) in [5.41, 5.74) is 2.27. The molecule has 0 fully saturated rings. The van der Waals surface area contributed by atoms with Crippen molar-refractivity contribution in [1.82, 2.24) is 10.2 Å². The molecule has 0 bridgehead atoms. The first-order chi connectivity index (χ1) is 8.61. The maximum absolute atomic E-state index is 8.70. The standard InChI is InChI=1S/C13H10ClN3O/c1-8-9(2)13(17-16-12(8)14)18-11-5-3-10(7-15)4-6-11/h3-6H,1-2H3. The smallest absolute Gasteiger partial charge is 0.242 e. The largest absolute Gasteiger partial charge is 0.437 e. The van der Waals surface area contributed by atoms with Crippen LogP contribution in [-0.2, 0) is 0 Å². The molecular formula is C13H10ClN3O. The number of hydrogen-bond acceptors (Lipinski definition) is 4. The molecule has 0 aliphatic carbocycles. The van der Waals surface area contributed by atoms with Crippen LogP contribution in [0.4, 0.5) is 0 Å². The quantitative estimate of drug-likeness (QED) is 0.829. The second-order valence-corrected chi connectivity index (χ2v) is 4.14. The molecule has 0 N–H and O–H groups in total. The van der Waals surface area contributed by atoms with Crippen LogP contribution in [0.1, 0.15) is 16.7 Å². The van der Waals surface area contributed by atoms with Crippen LogP contribution in [0, 0.1) is 25.2 Å². The van der Waals surface area contributed by atoms with Gasteiger partial charge < -0.3 is 4.74 Å². The van der Waals surface area contributed by atoms with E-state index >= 15 is 0 Å². The topological polar surface area (TPSA) is 58.8 Å². The van der Waals surface area contributed by atoms with E-state index in [1.165, 1.54) is 0 Å². The van der Waals surface area contributed by atoms with E-state index in [9.17, 15) is 0 Å². The van der Waals surface area contributed by atoms with Gasteiger partial charge in [-0.05, 0) is 43.7 Å². The van der Waals surface area contributed by atoms with E-state index in [0.717, 1.165) is 11.1 Å². The highest BCUT2D eigenvalue weighted by Crippen LogP contribution is 2.26. The van der Waals surface area contributed by atoms with Crippen LogP contribution in [0.25, 0.3) is 0 Å². The number of hydrogen-bond donors (Lipinski definition) is 0. The Morgan fingerprint density at radius 2 is 1.78 bits per heavy atom. The maximum atomic E-state index is 8.70. The summed E-state index contributed by atoms with van der Waals surface area (Å²) in [5.74, 6) is 1.02. The van der Waals surface area contributed by atoms with E-state index in [0.29, 0.717) is 22.3 Å². The normalized spacial score (nSPS) is 9.89. The molecule has 0 spiro atoms. The van der Waals surface area contributed by atoms with E-state index in [2.05, 4.69) is 10.2 Å². The van der Waals surface area contributed by atoms with E-state index in [4.69, 9.17) is 21.6 Å². The molecule has 2 rings (SSSR count). The summed E-state index contributed by atoms with van der Waals surface area (Å²) in [6.45, 7) is 3.73. The van der Waals surface area contributed by atoms with Gasteiger partial charge in [-0.1, -0.05) is 11.6 Å². The Labute approximate surface area is 110 Å². The fraction of sp³-hybridized carbons (Fsp3) is 0.154. The second-order valence-electron chi connectivity index (χ2n) is 3.78. The SMILES string of the molecule is Cc1c(Cl)nnc(Oc2ccc(C#N)cc2)c1C. The number of ether oxygens (including phenoxy) is 1. The molecule has 0 unspecified atom stereocenters. The Hall–Kier alpha value is -2.12. The predicted molar refractivity (Wildman–Crippen MR) is 67.7 cm³/mol. The van der Waals surface area contributed by atoms with Gasteiger partial charge >= 0.3 is 0 Å². The third kappa shape index (κ3) is 2.41. The minimum Gasteiger partial charge on any atom is -0.437 e. The summed E-state index contributed by atoms with van der Waals surface area (Å²) < 4.78 is 5.60. The van der Waals surface area contributed by atoms with Crippen molar-refractivity contribution in [3.8, 4) is 17.7 Å². The molecule has 0 saturated carbocycles. The molecule has 5 heteroatoms. The third-order valence-electron chi connectivity index (χ3n) is 2.62. The Kier molecular flexibility index (Phi) is 3.45. The zero-order valence-electron chi connectivity index (χ0n) is 9.94. The van der Waals surface area contributed by atoms with Gasteiger partial charge in [0.1, 0.15) is 5.75 Å². The third-order valence-corrected chi connectivity index (χ3v) is 2.98. The van der Waals surface area contributed by atoms with Gasteiger partial charge in [0.2, 0.25) is 5.88 Å². The Morgan fingerprint density at radius 3 is 2.39 bits per heavy atom. The van der Waals surface area contributed by atoms with Crippen molar-refractivity contribution >= 4 is 11.6 Å². The number of nitriles is 1. The van der Waals surface area contributed by atoms with Crippen LogP contribution >= 0.6 is 11.6 Å². The minimum absolute atomic E-state index is 0.375. The Balaban J connectivity index is 2.29. The number of rotatable bonds is 2. The summed E-state index contributed by atoms with van der Waals surface area (Å²) in [6.07, 6.45) is 0. The van der Waals surface area contributed by atoms with E-state index in [1.807, 2.05) is 19.9 Å². The van der Waals surface area contributed by atoms with Crippen LogP contribution in [0.15, 0.2) is 24.3 Å². The molecule has 0 aliphatic rings. The Morgan fingerprint density at radius 1 is 1.11 bits per heavy atom. The van der Waals surface area contributed by atoms with Gasteiger partial charge in [0.05, 0.1) is 11.6 Å². The number of halogens is 1. The van der Waals surface area contributed by atoms with Crippen LogP contribution < -0.4 is 4.74 Å². The van der Waals surface area contributed by atoms with Crippen molar-refractivity contribution in [1.29, 1.82) is 5.26 Å². The lowest BCUT2D eigenvalue weighted by molar-refractivity contribution is 0.450. The number of benzene rings is 1. The Bertz CT molecular complexity index is 617. The van der Waals surface area contributed by atoms with Crippen molar-refractivity contribution in [2.45, 2.75) is 13.8 Å². The highest BCUT2D eigenvalue weighted by molar-refractivity contribution is 6.30. The van der Waals surface area contributed by atoms with Gasteiger partial charge in [-0.2, -0.15) is 5.26 Å². The average Bonchev–Trinajstić information content (AvgIpc) is 2.40. The molecule has 18 heavy (non-hydrogen) atoms. The molecule has 0 radical (unpaired) electrons. The molecule has 1 heterocycles. The van der Waals surface area contributed by atoms with Gasteiger partial charge in [-0.3, -0.25) is 0 Å². The maximum Gasteiger partial charge on any atom is 0.242 e. The van der Waals surface area contributed by atoms with Gasteiger partial charge in [0.15, 0.2) is 5.15 Å². The molecule has 4 nitrogen and oxygen atoms in total. The lowest BCUT2D eigenvalue weighted by Crippen LogP contribution is -1.97. The molecule has 1 aromatic carbocycles. The summed E-state index contributed by atoms with van der Waals surface area (Å²) in [6, 6.07) is 8.83. The first-order valence-corrected chi connectivity index (χ1v) is 5.67. The summed E-state index contributed by atoms with van der Waals surface area (Å²) in [7, 11) is 0. The zero-order valence-corrected chi connectivity index (χ0v) is 10.7. The molecular weight excluding hydrogens is 250 g/mol.